The Morgan fingerprint density at radius 1 is 1.20 bits per heavy atom. The van der Waals surface area contributed by atoms with Crippen molar-refractivity contribution in [3.63, 3.8) is 0 Å². The average molecular weight is 412 g/mol. The molecule has 0 fully saturated rings. The number of carboxylic acids is 1. The van der Waals surface area contributed by atoms with Gasteiger partial charge in [-0.05, 0) is 24.6 Å². The molecule has 12 nitrogen and oxygen atoms in total. The van der Waals surface area contributed by atoms with E-state index in [0.29, 0.717) is 11.1 Å². The van der Waals surface area contributed by atoms with Crippen LogP contribution in [0.2, 0.25) is 0 Å². The molecule has 0 bridgehead atoms. The van der Waals surface area contributed by atoms with Gasteiger partial charge in [0, 0.05) is 6.07 Å². The summed E-state index contributed by atoms with van der Waals surface area (Å²) >= 11 is 0. The monoisotopic (exact) mass is 412 g/mol. The molecule has 3 aromatic rings. The second-order valence-electron chi connectivity index (χ2n) is 6.18. The van der Waals surface area contributed by atoms with Crippen LogP contribution in [0, 0.1) is 0 Å². The smallest absolute Gasteiger partial charge is 0.354 e. The first kappa shape index (κ1) is 20.4. The Balaban J connectivity index is 1.90. The molecular weight excluding hydrogens is 396 g/mol. The summed E-state index contributed by atoms with van der Waals surface area (Å²) in [6.07, 6.45) is 0. The fraction of sp³-hybridized carbons (Fsp3) is 0.167. The van der Waals surface area contributed by atoms with Crippen LogP contribution in [-0.4, -0.2) is 55.8 Å². The third-order valence-corrected chi connectivity index (χ3v) is 4.24. The average Bonchev–Trinajstić information content (AvgIpc) is 3.16. The van der Waals surface area contributed by atoms with Gasteiger partial charge >= 0.3 is 11.9 Å². The molecule has 4 N–H and O–H groups in total. The van der Waals surface area contributed by atoms with Gasteiger partial charge in [-0.1, -0.05) is 17.3 Å². The Morgan fingerprint density at radius 2 is 1.87 bits per heavy atom. The Kier molecular flexibility index (Phi) is 5.40. The molecule has 0 saturated heterocycles. The van der Waals surface area contributed by atoms with Crippen LogP contribution in [0.25, 0.3) is 5.65 Å². The molecule has 0 aliphatic rings. The molecule has 0 aliphatic heterocycles. The lowest BCUT2D eigenvalue weighted by atomic mass is 10.1. The van der Waals surface area contributed by atoms with Crippen LogP contribution in [0.3, 0.4) is 0 Å². The number of hydrogen-bond acceptors (Lipinski definition) is 8. The number of hydrogen-bond donors (Lipinski definition) is 3. The van der Waals surface area contributed by atoms with E-state index in [4.69, 9.17) is 5.73 Å². The quantitative estimate of drug-likeness (QED) is 0.477. The fourth-order valence-corrected chi connectivity index (χ4v) is 2.68. The summed E-state index contributed by atoms with van der Waals surface area (Å²) in [4.78, 5) is 51.2. The number of primary amides is 1. The molecule has 30 heavy (non-hydrogen) atoms. The Labute approximate surface area is 168 Å². The number of amides is 2. The van der Waals surface area contributed by atoms with E-state index < -0.39 is 35.5 Å². The number of aromatic nitrogens is 4. The van der Waals surface area contributed by atoms with E-state index in [1.165, 1.54) is 7.11 Å². The maximum Gasteiger partial charge on any atom is 0.354 e. The predicted octanol–water partition coefficient (Wildman–Crippen LogP) is 0.199. The van der Waals surface area contributed by atoms with Crippen molar-refractivity contribution in [3.05, 3.63) is 58.5 Å². The summed E-state index contributed by atoms with van der Waals surface area (Å²) < 4.78 is 5.45. The summed E-state index contributed by atoms with van der Waals surface area (Å²) in [6, 6.07) is 6.89. The molecule has 0 spiro atoms. The number of fused-ring (bicyclic) bond motifs is 1. The first-order chi connectivity index (χ1) is 14.2. The van der Waals surface area contributed by atoms with Crippen LogP contribution < -0.4 is 11.1 Å². The minimum atomic E-state index is -1.40. The molecule has 2 aromatic heterocycles. The number of aromatic carboxylic acids is 1. The molecule has 1 aromatic carbocycles. The van der Waals surface area contributed by atoms with E-state index in [1.54, 1.807) is 31.2 Å². The van der Waals surface area contributed by atoms with E-state index in [-0.39, 0.29) is 17.0 Å². The van der Waals surface area contributed by atoms with Crippen LogP contribution in [-0.2, 0) is 4.74 Å². The molecule has 0 unspecified atom stereocenters. The lowest BCUT2D eigenvalue weighted by Crippen LogP contribution is -2.28. The number of methoxy groups -OCH3 is 1. The summed E-state index contributed by atoms with van der Waals surface area (Å²) in [6.45, 7) is 1.69. The number of rotatable bonds is 6. The van der Waals surface area contributed by atoms with E-state index >= 15 is 0 Å². The van der Waals surface area contributed by atoms with Crippen molar-refractivity contribution in [1.82, 2.24) is 25.1 Å². The lowest BCUT2D eigenvalue weighted by Gasteiger charge is -2.15. The van der Waals surface area contributed by atoms with Crippen molar-refractivity contribution in [2.45, 2.75) is 13.0 Å². The summed E-state index contributed by atoms with van der Waals surface area (Å²) in [5.41, 5.74) is 4.95. The predicted molar refractivity (Wildman–Crippen MR) is 99.9 cm³/mol. The molecule has 1 atom stereocenters. The van der Waals surface area contributed by atoms with Crippen LogP contribution in [0.5, 0.6) is 0 Å². The van der Waals surface area contributed by atoms with Gasteiger partial charge in [-0.25, -0.2) is 14.6 Å². The van der Waals surface area contributed by atoms with Crippen molar-refractivity contribution in [2.75, 3.05) is 7.11 Å². The summed E-state index contributed by atoms with van der Waals surface area (Å²) in [7, 11) is 1.27. The number of esters is 1. The highest BCUT2D eigenvalue weighted by atomic mass is 16.5. The van der Waals surface area contributed by atoms with Crippen LogP contribution >= 0.6 is 0 Å². The molecule has 0 saturated carbocycles. The number of nitrogens with two attached hydrogens (primary N) is 1. The third kappa shape index (κ3) is 3.78. The normalized spacial score (nSPS) is 11.7. The minimum Gasteiger partial charge on any atom is -0.477 e. The molecule has 154 valence electrons. The lowest BCUT2D eigenvalue weighted by molar-refractivity contribution is 0.0599. The highest BCUT2D eigenvalue weighted by molar-refractivity contribution is 6.00. The van der Waals surface area contributed by atoms with Gasteiger partial charge in [0.2, 0.25) is 0 Å². The van der Waals surface area contributed by atoms with Gasteiger partial charge in [0.05, 0.1) is 18.7 Å². The van der Waals surface area contributed by atoms with Gasteiger partial charge in [0.15, 0.2) is 17.0 Å². The van der Waals surface area contributed by atoms with Crippen molar-refractivity contribution < 1.29 is 29.0 Å². The van der Waals surface area contributed by atoms with Crippen molar-refractivity contribution >= 4 is 29.4 Å². The summed E-state index contributed by atoms with van der Waals surface area (Å²) in [5.74, 6) is -3.55. The highest BCUT2D eigenvalue weighted by Crippen LogP contribution is 2.16. The number of benzene rings is 1. The highest BCUT2D eigenvalue weighted by Gasteiger charge is 2.23. The van der Waals surface area contributed by atoms with E-state index in [2.05, 4.69) is 25.3 Å². The van der Waals surface area contributed by atoms with Gasteiger partial charge in [-0.3, -0.25) is 9.59 Å². The molecule has 0 aliphatic carbocycles. The molecule has 0 radical (unpaired) electrons. The third-order valence-electron chi connectivity index (χ3n) is 4.24. The van der Waals surface area contributed by atoms with Gasteiger partial charge in [0.25, 0.3) is 11.8 Å². The number of ether oxygens (including phenoxy) is 1. The minimum absolute atomic E-state index is 0.248. The zero-order chi connectivity index (χ0) is 22.0. The zero-order valence-corrected chi connectivity index (χ0v) is 15.8. The van der Waals surface area contributed by atoms with E-state index in [9.17, 15) is 24.3 Å². The Morgan fingerprint density at radius 3 is 2.43 bits per heavy atom. The van der Waals surface area contributed by atoms with Crippen molar-refractivity contribution in [3.8, 4) is 0 Å². The first-order valence-corrected chi connectivity index (χ1v) is 8.51. The summed E-state index contributed by atoms with van der Waals surface area (Å²) in [5, 5.41) is 19.1. The number of nitrogens with one attached hydrogen (secondary N) is 1. The maximum absolute atomic E-state index is 12.7. The molecule has 12 heteroatoms. The van der Waals surface area contributed by atoms with Crippen molar-refractivity contribution in [2.24, 2.45) is 5.73 Å². The Bertz CT molecular complexity index is 1170. The number of nitrogens with zero attached hydrogens (tertiary/aromatic N) is 4. The Hall–Kier alpha value is -4.35. The van der Waals surface area contributed by atoms with Crippen LogP contribution in [0.4, 0.5) is 0 Å². The second-order valence-corrected chi connectivity index (χ2v) is 6.18. The van der Waals surface area contributed by atoms with Crippen molar-refractivity contribution in [1.29, 1.82) is 0 Å². The van der Waals surface area contributed by atoms with Gasteiger partial charge in [-0.2, -0.15) is 4.52 Å². The topological polar surface area (TPSA) is 179 Å². The number of carboxylic acid groups (broad SMARTS) is 1. The maximum atomic E-state index is 12.7. The van der Waals surface area contributed by atoms with Gasteiger partial charge in [-0.15, -0.1) is 5.10 Å². The van der Waals surface area contributed by atoms with E-state index in [1.807, 2.05) is 0 Å². The van der Waals surface area contributed by atoms with E-state index in [0.717, 1.165) is 10.6 Å². The SMILES string of the molecule is COC(=O)c1ccc([C@@H](C)NC(=O)c2cc(C(=O)O)n3nnc(C(N)=O)c3n2)cc1. The van der Waals surface area contributed by atoms with Crippen LogP contribution in [0.15, 0.2) is 30.3 Å². The number of carbonyl (C=O) groups excluding carboxylic acids is 3. The largest absolute Gasteiger partial charge is 0.477 e. The molecule has 2 amide bonds. The zero-order valence-electron chi connectivity index (χ0n) is 15.8. The van der Waals surface area contributed by atoms with Gasteiger partial charge in [0.1, 0.15) is 5.69 Å². The first-order valence-electron chi connectivity index (χ1n) is 8.51. The molecular formula is C18H16N6O6. The number of carbonyl (C=O) groups is 4. The van der Waals surface area contributed by atoms with Crippen LogP contribution in [0.1, 0.15) is 60.4 Å². The molecule has 3 rings (SSSR count). The van der Waals surface area contributed by atoms with Gasteiger partial charge < -0.3 is 20.9 Å². The standard InChI is InChI=1S/C18H16N6O6/c1-8(9-3-5-10(6-4-9)18(29)30-2)20-16(26)11-7-12(17(27)28)24-15(21-11)13(14(19)25)22-23-24/h3-8H,1-2H3,(H2,19,25)(H,20,26)(H,27,28)/t8-/m1/s1. The second kappa shape index (κ2) is 7.95. The fourth-order valence-electron chi connectivity index (χ4n) is 2.68. The molecule has 2 heterocycles.